The van der Waals surface area contributed by atoms with Crippen LogP contribution in [0.25, 0.3) is 10.9 Å². The Hall–Kier alpha value is -1.84. The Morgan fingerprint density at radius 3 is 2.63 bits per heavy atom. The molecule has 2 atom stereocenters. The molecule has 2 aromatic rings. The summed E-state index contributed by atoms with van der Waals surface area (Å²) in [5.74, 6) is 0.552. The van der Waals surface area contributed by atoms with Crippen LogP contribution >= 0.6 is 0 Å². The van der Waals surface area contributed by atoms with Crippen LogP contribution in [0.5, 0.6) is 0 Å². The second-order valence-corrected chi connectivity index (χ2v) is 9.50. The van der Waals surface area contributed by atoms with Crippen LogP contribution in [-0.2, 0) is 10.0 Å². The zero-order valence-electron chi connectivity index (χ0n) is 15.4. The minimum atomic E-state index is -3.13. The van der Waals surface area contributed by atoms with Crippen LogP contribution in [0, 0.1) is 0 Å². The molecule has 2 aliphatic rings. The smallest absolute Gasteiger partial charge is 0.223 e. The highest BCUT2D eigenvalue weighted by Crippen LogP contribution is 2.36. The standard InChI is InChI=1S/C18H25N5O3S/c1-27(25,26)23-9-6-13(7-10-23)21-18-20-11-12-5-8-19-17(16(12)22-18)14-3-2-4-15(14)24/h5,8,11,13-15,24H,2-4,6-7,9-10H2,1H3,(H,20,21,22). The van der Waals surface area contributed by atoms with Crippen molar-refractivity contribution in [2.75, 3.05) is 24.7 Å². The number of fused-ring (bicyclic) bond motifs is 1. The highest BCUT2D eigenvalue weighted by Gasteiger charge is 2.30. The summed E-state index contributed by atoms with van der Waals surface area (Å²) in [6, 6.07) is 2.02. The number of piperidine rings is 1. The van der Waals surface area contributed by atoms with Gasteiger partial charge in [0.25, 0.3) is 0 Å². The summed E-state index contributed by atoms with van der Waals surface area (Å²) < 4.78 is 24.8. The summed E-state index contributed by atoms with van der Waals surface area (Å²) >= 11 is 0. The topological polar surface area (TPSA) is 108 Å². The van der Waals surface area contributed by atoms with Gasteiger partial charge in [-0.05, 0) is 31.7 Å². The van der Waals surface area contributed by atoms with Gasteiger partial charge in [0.15, 0.2) is 0 Å². The molecular formula is C18H25N5O3S. The van der Waals surface area contributed by atoms with Crippen molar-refractivity contribution in [1.29, 1.82) is 0 Å². The zero-order valence-corrected chi connectivity index (χ0v) is 16.2. The summed E-state index contributed by atoms with van der Waals surface area (Å²) in [7, 11) is -3.13. The third kappa shape index (κ3) is 3.90. The van der Waals surface area contributed by atoms with E-state index in [0.717, 1.165) is 48.7 Å². The van der Waals surface area contributed by atoms with E-state index in [4.69, 9.17) is 0 Å². The Labute approximate surface area is 159 Å². The van der Waals surface area contributed by atoms with E-state index in [-0.39, 0.29) is 18.1 Å². The first-order valence-electron chi connectivity index (χ1n) is 9.43. The van der Waals surface area contributed by atoms with Gasteiger partial charge in [0.05, 0.1) is 23.6 Å². The van der Waals surface area contributed by atoms with Crippen molar-refractivity contribution in [2.45, 2.75) is 50.2 Å². The molecule has 9 heteroatoms. The minimum Gasteiger partial charge on any atom is -0.392 e. The summed E-state index contributed by atoms with van der Waals surface area (Å²) in [4.78, 5) is 13.6. The lowest BCUT2D eigenvalue weighted by Crippen LogP contribution is -2.42. The van der Waals surface area contributed by atoms with Crippen LogP contribution in [-0.4, -0.2) is 64.3 Å². The largest absolute Gasteiger partial charge is 0.392 e. The molecule has 0 aromatic carbocycles. The summed E-state index contributed by atoms with van der Waals surface area (Å²) in [6.07, 6.45) is 8.57. The van der Waals surface area contributed by atoms with E-state index in [1.165, 1.54) is 10.6 Å². The van der Waals surface area contributed by atoms with Crippen LogP contribution < -0.4 is 5.32 Å². The number of nitrogens with zero attached hydrogens (tertiary/aromatic N) is 4. The molecule has 1 saturated heterocycles. The lowest BCUT2D eigenvalue weighted by molar-refractivity contribution is 0.163. The zero-order chi connectivity index (χ0) is 19.0. The van der Waals surface area contributed by atoms with Crippen molar-refractivity contribution < 1.29 is 13.5 Å². The molecule has 2 aromatic heterocycles. The monoisotopic (exact) mass is 391 g/mol. The van der Waals surface area contributed by atoms with Gasteiger partial charge in [0, 0.05) is 42.8 Å². The second-order valence-electron chi connectivity index (χ2n) is 7.51. The van der Waals surface area contributed by atoms with Crippen molar-refractivity contribution >= 4 is 26.9 Å². The second kappa shape index (κ2) is 7.29. The molecule has 146 valence electrons. The van der Waals surface area contributed by atoms with Crippen LogP contribution in [0.3, 0.4) is 0 Å². The van der Waals surface area contributed by atoms with E-state index in [9.17, 15) is 13.5 Å². The summed E-state index contributed by atoms with van der Waals surface area (Å²) in [5.41, 5.74) is 1.63. The predicted molar refractivity (Wildman–Crippen MR) is 103 cm³/mol. The number of nitrogens with one attached hydrogen (secondary N) is 1. The lowest BCUT2D eigenvalue weighted by Gasteiger charge is -2.30. The molecule has 4 rings (SSSR count). The van der Waals surface area contributed by atoms with Gasteiger partial charge in [-0.1, -0.05) is 6.42 Å². The third-order valence-electron chi connectivity index (χ3n) is 5.61. The van der Waals surface area contributed by atoms with Gasteiger partial charge in [-0.25, -0.2) is 22.7 Å². The molecule has 2 fully saturated rings. The summed E-state index contributed by atoms with van der Waals surface area (Å²) in [6.45, 7) is 1.01. The molecule has 0 spiro atoms. The fourth-order valence-electron chi connectivity index (χ4n) is 4.09. The van der Waals surface area contributed by atoms with E-state index >= 15 is 0 Å². The molecule has 0 radical (unpaired) electrons. The summed E-state index contributed by atoms with van der Waals surface area (Å²) in [5, 5.41) is 14.5. The molecular weight excluding hydrogens is 366 g/mol. The first-order valence-corrected chi connectivity index (χ1v) is 11.3. The fourth-order valence-corrected chi connectivity index (χ4v) is 4.97. The van der Waals surface area contributed by atoms with Crippen LogP contribution in [0.1, 0.15) is 43.7 Å². The van der Waals surface area contributed by atoms with Crippen LogP contribution in [0.2, 0.25) is 0 Å². The highest BCUT2D eigenvalue weighted by atomic mass is 32.2. The normalized spacial score (nSPS) is 25.1. The lowest BCUT2D eigenvalue weighted by atomic mass is 9.99. The van der Waals surface area contributed by atoms with Gasteiger partial charge in [0.1, 0.15) is 0 Å². The number of aliphatic hydroxyl groups excluding tert-OH is 1. The molecule has 0 amide bonds. The quantitative estimate of drug-likeness (QED) is 0.813. The minimum absolute atomic E-state index is 0.0226. The number of hydrogen-bond donors (Lipinski definition) is 2. The average molecular weight is 391 g/mol. The fraction of sp³-hybridized carbons (Fsp3) is 0.611. The maximum Gasteiger partial charge on any atom is 0.223 e. The number of pyridine rings is 1. The van der Waals surface area contributed by atoms with E-state index in [1.54, 1.807) is 12.4 Å². The molecule has 3 heterocycles. The molecule has 1 aliphatic heterocycles. The van der Waals surface area contributed by atoms with Crippen molar-refractivity contribution in [3.63, 3.8) is 0 Å². The molecule has 27 heavy (non-hydrogen) atoms. The molecule has 8 nitrogen and oxygen atoms in total. The van der Waals surface area contributed by atoms with Crippen LogP contribution in [0.4, 0.5) is 5.95 Å². The van der Waals surface area contributed by atoms with Crippen molar-refractivity contribution in [3.8, 4) is 0 Å². The maximum absolute atomic E-state index is 11.6. The molecule has 2 N–H and O–H groups in total. The highest BCUT2D eigenvalue weighted by molar-refractivity contribution is 7.88. The Morgan fingerprint density at radius 1 is 1.19 bits per heavy atom. The van der Waals surface area contributed by atoms with Gasteiger partial charge in [-0.15, -0.1) is 0 Å². The predicted octanol–water partition coefficient (Wildman–Crippen LogP) is 1.49. The molecule has 2 unspecified atom stereocenters. The Bertz CT molecular complexity index is 928. The number of aliphatic hydroxyl groups is 1. The number of sulfonamides is 1. The molecule has 1 saturated carbocycles. The van der Waals surface area contributed by atoms with Crippen LogP contribution in [0.15, 0.2) is 18.5 Å². The van der Waals surface area contributed by atoms with E-state index < -0.39 is 10.0 Å². The molecule has 0 bridgehead atoms. The van der Waals surface area contributed by atoms with Gasteiger partial charge in [-0.2, -0.15) is 0 Å². The van der Waals surface area contributed by atoms with Gasteiger partial charge in [-0.3, -0.25) is 4.98 Å². The maximum atomic E-state index is 11.6. The van der Waals surface area contributed by atoms with E-state index in [2.05, 4.69) is 20.3 Å². The first kappa shape index (κ1) is 18.5. The van der Waals surface area contributed by atoms with Crippen molar-refractivity contribution in [1.82, 2.24) is 19.3 Å². The van der Waals surface area contributed by atoms with Gasteiger partial charge >= 0.3 is 0 Å². The average Bonchev–Trinajstić information content (AvgIpc) is 3.07. The number of anilines is 1. The van der Waals surface area contributed by atoms with E-state index in [1.807, 2.05) is 6.07 Å². The number of rotatable bonds is 4. The van der Waals surface area contributed by atoms with Crippen molar-refractivity contribution in [2.24, 2.45) is 0 Å². The number of hydrogen-bond acceptors (Lipinski definition) is 7. The first-order chi connectivity index (χ1) is 12.9. The Kier molecular flexibility index (Phi) is 5.00. The number of aromatic nitrogens is 3. The van der Waals surface area contributed by atoms with Gasteiger partial charge < -0.3 is 10.4 Å². The van der Waals surface area contributed by atoms with Crippen molar-refractivity contribution in [3.05, 3.63) is 24.2 Å². The van der Waals surface area contributed by atoms with Gasteiger partial charge in [0.2, 0.25) is 16.0 Å². The Balaban J connectivity index is 1.53. The molecule has 1 aliphatic carbocycles. The SMILES string of the molecule is CS(=O)(=O)N1CCC(Nc2ncc3ccnc(C4CCCC4O)c3n2)CC1. The third-order valence-corrected chi connectivity index (χ3v) is 6.92. The van der Waals surface area contributed by atoms with E-state index in [0.29, 0.717) is 19.0 Å². The Morgan fingerprint density at radius 2 is 1.96 bits per heavy atom.